The predicted octanol–water partition coefficient (Wildman–Crippen LogP) is 0.432. The molecular weight excluding hydrogens is 254 g/mol. The molecule has 2 aromatic rings. The third kappa shape index (κ3) is 3.42. The van der Waals surface area contributed by atoms with Crippen LogP contribution in [0.5, 0.6) is 0 Å². The summed E-state index contributed by atoms with van der Waals surface area (Å²) in [6, 6.07) is 7.84. The second-order valence-electron chi connectivity index (χ2n) is 4.87. The molecule has 0 bridgehead atoms. The van der Waals surface area contributed by atoms with Crippen LogP contribution < -0.4 is 11.5 Å². The normalized spacial score (nSPS) is 12.3. The Kier molecular flexibility index (Phi) is 4.47. The van der Waals surface area contributed by atoms with Gasteiger partial charge in [-0.2, -0.15) is 0 Å². The van der Waals surface area contributed by atoms with Crippen LogP contribution in [-0.4, -0.2) is 27.4 Å². The smallest absolute Gasteiger partial charge is 0.220 e. The second-order valence-corrected chi connectivity index (χ2v) is 4.87. The molecule has 20 heavy (non-hydrogen) atoms. The van der Waals surface area contributed by atoms with Gasteiger partial charge >= 0.3 is 0 Å². The zero-order valence-corrected chi connectivity index (χ0v) is 11.5. The Hall–Kier alpha value is -2.21. The Bertz CT molecular complexity index is 576. The highest BCUT2D eigenvalue weighted by molar-refractivity contribution is 5.76. The molecule has 1 heterocycles. The van der Waals surface area contributed by atoms with Gasteiger partial charge in [0.25, 0.3) is 0 Å². The molecule has 0 spiro atoms. The summed E-state index contributed by atoms with van der Waals surface area (Å²) < 4.78 is 1.71. The van der Waals surface area contributed by atoms with Gasteiger partial charge in [0.2, 0.25) is 5.91 Å². The molecule has 2 rings (SSSR count). The standard InChI is InChI=1S/C14H19N5O/c1-10(14(16)20)8-11-2-4-13(5-3-11)19-9-12(6-7-15)17-18-19/h2-5,9-10H,6-8,15H2,1H3,(H2,16,20)/t10-/m0/s1. The van der Waals surface area contributed by atoms with E-state index in [-0.39, 0.29) is 11.8 Å². The molecule has 4 N–H and O–H groups in total. The fourth-order valence-corrected chi connectivity index (χ4v) is 1.93. The molecule has 6 heteroatoms. The molecule has 1 atom stereocenters. The zero-order valence-electron chi connectivity index (χ0n) is 11.5. The largest absolute Gasteiger partial charge is 0.369 e. The lowest BCUT2D eigenvalue weighted by Gasteiger charge is -2.07. The molecule has 0 unspecified atom stereocenters. The van der Waals surface area contributed by atoms with E-state index < -0.39 is 0 Å². The van der Waals surface area contributed by atoms with Gasteiger partial charge in [0.05, 0.1) is 17.6 Å². The van der Waals surface area contributed by atoms with Crippen molar-refractivity contribution in [1.29, 1.82) is 0 Å². The zero-order chi connectivity index (χ0) is 14.5. The van der Waals surface area contributed by atoms with Crippen molar-refractivity contribution in [3.8, 4) is 5.69 Å². The number of amides is 1. The maximum atomic E-state index is 11.0. The van der Waals surface area contributed by atoms with E-state index >= 15 is 0 Å². The fraction of sp³-hybridized carbons (Fsp3) is 0.357. The molecule has 1 aromatic heterocycles. The highest BCUT2D eigenvalue weighted by atomic mass is 16.1. The van der Waals surface area contributed by atoms with Crippen LogP contribution in [0.2, 0.25) is 0 Å². The van der Waals surface area contributed by atoms with Crippen LogP contribution in [0.15, 0.2) is 30.5 Å². The van der Waals surface area contributed by atoms with E-state index in [4.69, 9.17) is 11.5 Å². The average Bonchev–Trinajstić information content (AvgIpc) is 2.88. The topological polar surface area (TPSA) is 99.8 Å². The maximum absolute atomic E-state index is 11.0. The summed E-state index contributed by atoms with van der Waals surface area (Å²) in [5, 5.41) is 8.11. The van der Waals surface area contributed by atoms with E-state index in [1.807, 2.05) is 37.4 Å². The second kappa shape index (κ2) is 6.29. The summed E-state index contributed by atoms with van der Waals surface area (Å²) in [5.41, 5.74) is 13.6. The lowest BCUT2D eigenvalue weighted by atomic mass is 10.0. The van der Waals surface area contributed by atoms with Crippen LogP contribution in [0, 0.1) is 5.92 Å². The van der Waals surface area contributed by atoms with Gasteiger partial charge in [-0.3, -0.25) is 4.79 Å². The van der Waals surface area contributed by atoms with Gasteiger partial charge in [-0.15, -0.1) is 5.10 Å². The minimum absolute atomic E-state index is 0.164. The van der Waals surface area contributed by atoms with Crippen molar-refractivity contribution in [2.45, 2.75) is 19.8 Å². The number of rotatable bonds is 6. The van der Waals surface area contributed by atoms with Gasteiger partial charge in [0.1, 0.15) is 0 Å². The van der Waals surface area contributed by atoms with Crippen molar-refractivity contribution in [2.75, 3.05) is 6.54 Å². The summed E-state index contributed by atoms with van der Waals surface area (Å²) in [6.45, 7) is 2.38. The van der Waals surface area contributed by atoms with E-state index in [2.05, 4.69) is 10.3 Å². The number of benzene rings is 1. The highest BCUT2D eigenvalue weighted by Crippen LogP contribution is 2.12. The van der Waals surface area contributed by atoms with E-state index in [9.17, 15) is 4.79 Å². The Morgan fingerprint density at radius 3 is 2.65 bits per heavy atom. The quantitative estimate of drug-likeness (QED) is 0.797. The summed E-state index contributed by atoms with van der Waals surface area (Å²) in [7, 11) is 0. The van der Waals surface area contributed by atoms with Crippen LogP contribution in [0.25, 0.3) is 5.69 Å². The molecule has 0 fully saturated rings. The van der Waals surface area contributed by atoms with E-state index in [1.54, 1.807) is 4.68 Å². The molecule has 0 saturated heterocycles. The Morgan fingerprint density at radius 1 is 1.35 bits per heavy atom. The van der Waals surface area contributed by atoms with Gasteiger partial charge in [0.15, 0.2) is 0 Å². The van der Waals surface area contributed by atoms with Crippen LogP contribution in [-0.2, 0) is 17.6 Å². The minimum atomic E-state index is -0.281. The van der Waals surface area contributed by atoms with Gasteiger partial charge < -0.3 is 11.5 Å². The molecule has 0 saturated carbocycles. The van der Waals surface area contributed by atoms with E-state index in [1.165, 1.54) is 0 Å². The molecule has 6 nitrogen and oxygen atoms in total. The molecule has 106 valence electrons. The van der Waals surface area contributed by atoms with Gasteiger partial charge in [0, 0.05) is 12.3 Å². The van der Waals surface area contributed by atoms with E-state index in [0.717, 1.165) is 16.9 Å². The predicted molar refractivity (Wildman–Crippen MR) is 76.2 cm³/mol. The molecule has 0 aliphatic rings. The van der Waals surface area contributed by atoms with Gasteiger partial charge in [-0.05, 0) is 30.7 Å². The minimum Gasteiger partial charge on any atom is -0.369 e. The van der Waals surface area contributed by atoms with Crippen molar-refractivity contribution in [2.24, 2.45) is 17.4 Å². The third-order valence-electron chi connectivity index (χ3n) is 3.17. The number of nitrogens with zero attached hydrogens (tertiary/aromatic N) is 3. The van der Waals surface area contributed by atoms with Crippen molar-refractivity contribution < 1.29 is 4.79 Å². The van der Waals surface area contributed by atoms with Crippen molar-refractivity contribution in [1.82, 2.24) is 15.0 Å². The summed E-state index contributed by atoms with van der Waals surface area (Å²) in [5.74, 6) is -0.444. The lowest BCUT2D eigenvalue weighted by molar-refractivity contribution is -0.121. The Morgan fingerprint density at radius 2 is 2.05 bits per heavy atom. The number of nitrogens with two attached hydrogens (primary N) is 2. The number of carbonyl (C=O) groups excluding carboxylic acids is 1. The average molecular weight is 273 g/mol. The van der Waals surface area contributed by atoms with Crippen LogP contribution in [0.4, 0.5) is 0 Å². The lowest BCUT2D eigenvalue weighted by Crippen LogP contribution is -2.22. The fourth-order valence-electron chi connectivity index (χ4n) is 1.93. The first kappa shape index (κ1) is 14.2. The van der Waals surface area contributed by atoms with Crippen LogP contribution in [0.1, 0.15) is 18.2 Å². The summed E-state index contributed by atoms with van der Waals surface area (Å²) >= 11 is 0. The van der Waals surface area contributed by atoms with Crippen molar-refractivity contribution in [3.05, 3.63) is 41.7 Å². The van der Waals surface area contributed by atoms with Crippen molar-refractivity contribution >= 4 is 5.91 Å². The Balaban J connectivity index is 2.09. The third-order valence-corrected chi connectivity index (χ3v) is 3.17. The highest BCUT2D eigenvalue weighted by Gasteiger charge is 2.09. The monoisotopic (exact) mass is 273 g/mol. The number of primary amides is 1. The molecule has 0 radical (unpaired) electrons. The van der Waals surface area contributed by atoms with Gasteiger partial charge in [-0.25, -0.2) is 4.68 Å². The van der Waals surface area contributed by atoms with Gasteiger partial charge in [-0.1, -0.05) is 24.3 Å². The number of carbonyl (C=O) groups is 1. The first-order valence-corrected chi connectivity index (χ1v) is 6.60. The maximum Gasteiger partial charge on any atom is 0.220 e. The molecule has 0 aliphatic carbocycles. The molecular formula is C14H19N5O. The molecule has 0 aliphatic heterocycles. The molecule has 1 amide bonds. The number of hydrogen-bond donors (Lipinski definition) is 2. The summed E-state index contributed by atoms with van der Waals surface area (Å²) in [6.07, 6.45) is 3.23. The Labute approximate surface area is 117 Å². The first-order chi connectivity index (χ1) is 9.60. The van der Waals surface area contributed by atoms with Crippen LogP contribution in [0.3, 0.4) is 0 Å². The summed E-state index contributed by atoms with van der Waals surface area (Å²) in [4.78, 5) is 11.0. The number of hydrogen-bond acceptors (Lipinski definition) is 4. The number of aromatic nitrogens is 3. The molecule has 1 aromatic carbocycles. The SMILES string of the molecule is C[C@@H](Cc1ccc(-n2cc(CCN)nn2)cc1)C(N)=O. The van der Waals surface area contributed by atoms with E-state index in [0.29, 0.717) is 19.4 Å². The van der Waals surface area contributed by atoms with Crippen LogP contribution >= 0.6 is 0 Å². The van der Waals surface area contributed by atoms with Crippen molar-refractivity contribution in [3.63, 3.8) is 0 Å². The first-order valence-electron chi connectivity index (χ1n) is 6.60.